The highest BCUT2D eigenvalue weighted by atomic mass is 16.5. The van der Waals surface area contributed by atoms with Gasteiger partial charge in [0.1, 0.15) is 17.8 Å². The van der Waals surface area contributed by atoms with Crippen molar-refractivity contribution in [3.8, 4) is 5.75 Å². The molecule has 2 N–H and O–H groups in total. The summed E-state index contributed by atoms with van der Waals surface area (Å²) in [7, 11) is 1.51. The van der Waals surface area contributed by atoms with Crippen LogP contribution in [0, 0.1) is 0 Å². The van der Waals surface area contributed by atoms with E-state index < -0.39 is 17.5 Å². The molecule has 1 aliphatic heterocycles. The van der Waals surface area contributed by atoms with Crippen LogP contribution in [0.3, 0.4) is 0 Å². The molecule has 0 spiro atoms. The number of rotatable bonds is 9. The summed E-state index contributed by atoms with van der Waals surface area (Å²) in [6.07, 6.45) is 4.65. The van der Waals surface area contributed by atoms with E-state index in [0.29, 0.717) is 17.9 Å². The van der Waals surface area contributed by atoms with E-state index in [0.717, 1.165) is 30.6 Å². The number of imide groups is 1. The third-order valence-corrected chi connectivity index (χ3v) is 4.56. The highest BCUT2D eigenvalue weighted by molar-refractivity contribution is 6.10. The van der Waals surface area contributed by atoms with Crippen LogP contribution in [0.2, 0.25) is 0 Å². The Labute approximate surface area is 154 Å². The molecule has 0 aromatic heterocycles. The van der Waals surface area contributed by atoms with Crippen molar-refractivity contribution in [2.24, 2.45) is 0 Å². The number of ether oxygens (including phenoxy) is 1. The molecule has 2 rings (SSSR count). The van der Waals surface area contributed by atoms with Gasteiger partial charge in [-0.05, 0) is 25.5 Å². The van der Waals surface area contributed by atoms with Gasteiger partial charge in [0.05, 0.1) is 12.8 Å². The predicted molar refractivity (Wildman–Crippen MR) is 99.0 cm³/mol. The maximum atomic E-state index is 12.7. The lowest BCUT2D eigenvalue weighted by molar-refractivity contribution is -0.133. The van der Waals surface area contributed by atoms with E-state index in [1.165, 1.54) is 7.11 Å². The van der Waals surface area contributed by atoms with Gasteiger partial charge < -0.3 is 15.4 Å². The molecule has 1 fully saturated rings. The van der Waals surface area contributed by atoms with Crippen LogP contribution in [0.15, 0.2) is 24.3 Å². The van der Waals surface area contributed by atoms with Crippen LogP contribution in [0.5, 0.6) is 5.75 Å². The molecule has 1 aliphatic rings. The fraction of sp³-hybridized carbons (Fsp3) is 0.526. The van der Waals surface area contributed by atoms with Crippen molar-refractivity contribution in [2.75, 3.05) is 19.0 Å². The number of methoxy groups -OCH3 is 1. The number of carbonyl (C=O) groups excluding carboxylic acids is 3. The Morgan fingerprint density at radius 2 is 1.96 bits per heavy atom. The number of nitrogens with zero attached hydrogens (tertiary/aromatic N) is 1. The molecule has 0 saturated carbocycles. The molecule has 1 atom stereocenters. The van der Waals surface area contributed by atoms with Gasteiger partial charge in [-0.1, -0.05) is 44.7 Å². The number of urea groups is 1. The van der Waals surface area contributed by atoms with Crippen molar-refractivity contribution in [1.29, 1.82) is 0 Å². The number of amides is 4. The lowest BCUT2D eigenvalue weighted by Crippen LogP contribution is -2.44. The van der Waals surface area contributed by atoms with E-state index >= 15 is 0 Å². The quantitative estimate of drug-likeness (QED) is 0.523. The predicted octanol–water partition coefficient (Wildman–Crippen LogP) is 2.91. The van der Waals surface area contributed by atoms with Gasteiger partial charge in [-0.25, -0.2) is 4.79 Å². The summed E-state index contributed by atoms with van der Waals surface area (Å²) < 4.78 is 5.18. The molecular weight excluding hydrogens is 334 g/mol. The molecule has 142 valence electrons. The van der Waals surface area contributed by atoms with Gasteiger partial charge in [0.15, 0.2) is 0 Å². The van der Waals surface area contributed by atoms with Gasteiger partial charge in [0.2, 0.25) is 5.91 Å². The largest absolute Gasteiger partial charge is 0.495 e. The second-order valence-corrected chi connectivity index (χ2v) is 6.71. The molecular formula is C19H27N3O4. The minimum atomic E-state index is -0.935. The van der Waals surface area contributed by atoms with Crippen LogP contribution in [0.25, 0.3) is 0 Å². The number of nitrogens with one attached hydrogen (secondary N) is 2. The van der Waals surface area contributed by atoms with Gasteiger partial charge in [0, 0.05) is 0 Å². The average Bonchev–Trinajstić information content (AvgIpc) is 2.83. The zero-order chi connectivity index (χ0) is 19.2. The first-order valence-electron chi connectivity index (χ1n) is 8.98. The zero-order valence-electron chi connectivity index (χ0n) is 15.6. The molecule has 26 heavy (non-hydrogen) atoms. The molecule has 1 heterocycles. The highest BCUT2D eigenvalue weighted by Gasteiger charge is 2.47. The van der Waals surface area contributed by atoms with Crippen LogP contribution in [0.1, 0.15) is 46.0 Å². The number of para-hydroxylation sites is 2. The Morgan fingerprint density at radius 1 is 1.23 bits per heavy atom. The van der Waals surface area contributed by atoms with Gasteiger partial charge in [-0.2, -0.15) is 0 Å². The van der Waals surface area contributed by atoms with Crippen molar-refractivity contribution in [3.05, 3.63) is 24.3 Å². The van der Waals surface area contributed by atoms with Gasteiger partial charge in [-0.15, -0.1) is 0 Å². The summed E-state index contributed by atoms with van der Waals surface area (Å²) >= 11 is 0. The van der Waals surface area contributed by atoms with Gasteiger partial charge in [0.25, 0.3) is 5.91 Å². The standard InChI is InChI=1S/C19H27N3O4/c1-4-5-6-9-12-19(2)17(24)22(18(25)21-19)13-16(23)20-14-10-7-8-11-15(14)26-3/h7-8,10-11H,4-6,9,12-13H2,1-3H3,(H,20,23)(H,21,25). The maximum Gasteiger partial charge on any atom is 0.325 e. The minimum absolute atomic E-state index is 0.326. The second kappa shape index (κ2) is 8.69. The molecule has 1 aromatic carbocycles. The van der Waals surface area contributed by atoms with Crippen molar-refractivity contribution in [3.63, 3.8) is 0 Å². The molecule has 4 amide bonds. The van der Waals surface area contributed by atoms with Crippen LogP contribution >= 0.6 is 0 Å². The average molecular weight is 361 g/mol. The first kappa shape index (κ1) is 19.8. The fourth-order valence-corrected chi connectivity index (χ4v) is 3.05. The number of hydrogen-bond donors (Lipinski definition) is 2. The number of unbranched alkanes of at least 4 members (excludes halogenated alkanes) is 3. The van der Waals surface area contributed by atoms with Crippen molar-refractivity contribution in [1.82, 2.24) is 10.2 Å². The third-order valence-electron chi connectivity index (χ3n) is 4.56. The Balaban J connectivity index is 1.97. The number of benzene rings is 1. The Kier molecular flexibility index (Phi) is 6.60. The van der Waals surface area contributed by atoms with E-state index in [2.05, 4.69) is 17.6 Å². The monoisotopic (exact) mass is 361 g/mol. The van der Waals surface area contributed by atoms with E-state index in [4.69, 9.17) is 4.74 Å². The van der Waals surface area contributed by atoms with E-state index in [9.17, 15) is 14.4 Å². The van der Waals surface area contributed by atoms with E-state index in [-0.39, 0.29) is 12.5 Å². The summed E-state index contributed by atoms with van der Waals surface area (Å²) in [5, 5.41) is 5.41. The molecule has 1 aromatic rings. The molecule has 0 radical (unpaired) electrons. The lowest BCUT2D eigenvalue weighted by Gasteiger charge is -2.21. The molecule has 7 heteroatoms. The van der Waals surface area contributed by atoms with Crippen LogP contribution < -0.4 is 15.4 Å². The summed E-state index contributed by atoms with van der Waals surface area (Å²) in [5.74, 6) is -0.291. The lowest BCUT2D eigenvalue weighted by atomic mass is 9.94. The maximum absolute atomic E-state index is 12.7. The van der Waals surface area contributed by atoms with Crippen LogP contribution in [0.4, 0.5) is 10.5 Å². The molecule has 7 nitrogen and oxygen atoms in total. The summed E-state index contributed by atoms with van der Waals surface area (Å²) in [4.78, 5) is 38.1. The summed E-state index contributed by atoms with van der Waals surface area (Å²) in [6.45, 7) is 3.51. The molecule has 0 bridgehead atoms. The van der Waals surface area contributed by atoms with Gasteiger partial charge >= 0.3 is 6.03 Å². The molecule has 1 saturated heterocycles. The smallest absolute Gasteiger partial charge is 0.325 e. The number of carbonyl (C=O) groups is 3. The third kappa shape index (κ3) is 4.53. The molecule has 1 unspecified atom stereocenters. The van der Waals surface area contributed by atoms with Crippen LogP contribution in [-0.4, -0.2) is 41.9 Å². The molecule has 0 aliphatic carbocycles. The second-order valence-electron chi connectivity index (χ2n) is 6.71. The van der Waals surface area contributed by atoms with Crippen molar-refractivity contribution >= 4 is 23.5 Å². The zero-order valence-corrected chi connectivity index (χ0v) is 15.6. The summed E-state index contributed by atoms with van der Waals surface area (Å²) in [6, 6.07) is 6.44. The Morgan fingerprint density at radius 3 is 2.65 bits per heavy atom. The van der Waals surface area contributed by atoms with Crippen LogP contribution in [-0.2, 0) is 9.59 Å². The van der Waals surface area contributed by atoms with E-state index in [1.54, 1.807) is 31.2 Å². The Bertz CT molecular complexity index is 677. The minimum Gasteiger partial charge on any atom is -0.495 e. The topological polar surface area (TPSA) is 87.7 Å². The fourth-order valence-electron chi connectivity index (χ4n) is 3.05. The number of hydrogen-bond acceptors (Lipinski definition) is 4. The highest BCUT2D eigenvalue weighted by Crippen LogP contribution is 2.25. The number of anilines is 1. The van der Waals surface area contributed by atoms with Crippen molar-refractivity contribution < 1.29 is 19.1 Å². The Hall–Kier alpha value is -2.57. The first-order chi connectivity index (χ1) is 12.4. The van der Waals surface area contributed by atoms with E-state index in [1.807, 2.05) is 0 Å². The van der Waals surface area contributed by atoms with Crippen molar-refractivity contribution in [2.45, 2.75) is 51.5 Å². The summed E-state index contributed by atoms with van der Waals surface area (Å²) in [5.41, 5.74) is -0.440. The normalized spacial score (nSPS) is 19.4. The SMILES string of the molecule is CCCCCCC1(C)NC(=O)N(CC(=O)Nc2ccccc2OC)C1=O. The first-order valence-corrected chi connectivity index (χ1v) is 8.98. The van der Waals surface area contributed by atoms with Gasteiger partial charge in [-0.3, -0.25) is 14.5 Å².